The van der Waals surface area contributed by atoms with Crippen molar-refractivity contribution in [1.29, 1.82) is 0 Å². The zero-order chi connectivity index (χ0) is 21.2. The SMILES string of the molecule is COC(=O)/C=C/C(C)(C)C(=O)[C@H](C)[C@@H](C)[C@@H](C)CCCOCc1ccccc1. The van der Waals surface area contributed by atoms with Crippen LogP contribution in [-0.2, 0) is 25.7 Å². The zero-order valence-corrected chi connectivity index (χ0v) is 18.2. The summed E-state index contributed by atoms with van der Waals surface area (Å²) in [7, 11) is 1.33. The summed E-state index contributed by atoms with van der Waals surface area (Å²) in [4.78, 5) is 24.2. The largest absolute Gasteiger partial charge is 0.466 e. The number of ketones is 1. The molecule has 0 saturated carbocycles. The Balaban J connectivity index is 2.43. The lowest BCUT2D eigenvalue weighted by molar-refractivity contribution is -0.134. The van der Waals surface area contributed by atoms with Crippen LogP contribution in [-0.4, -0.2) is 25.5 Å². The van der Waals surface area contributed by atoms with E-state index in [1.807, 2.05) is 39.0 Å². The lowest BCUT2D eigenvalue weighted by Gasteiger charge is -2.30. The molecule has 1 aromatic carbocycles. The maximum atomic E-state index is 12.9. The van der Waals surface area contributed by atoms with Crippen LogP contribution in [0.4, 0.5) is 0 Å². The monoisotopic (exact) mass is 388 g/mol. The van der Waals surface area contributed by atoms with E-state index in [1.165, 1.54) is 18.7 Å². The Morgan fingerprint density at radius 3 is 2.36 bits per heavy atom. The van der Waals surface area contributed by atoms with Gasteiger partial charge in [-0.15, -0.1) is 0 Å². The van der Waals surface area contributed by atoms with Gasteiger partial charge in [0, 0.05) is 24.0 Å². The van der Waals surface area contributed by atoms with Crippen LogP contribution >= 0.6 is 0 Å². The molecule has 0 N–H and O–H groups in total. The number of carbonyl (C=O) groups is 2. The van der Waals surface area contributed by atoms with E-state index in [-0.39, 0.29) is 17.6 Å². The molecule has 4 heteroatoms. The van der Waals surface area contributed by atoms with Gasteiger partial charge in [-0.2, -0.15) is 0 Å². The highest BCUT2D eigenvalue weighted by Crippen LogP contribution is 2.32. The van der Waals surface area contributed by atoms with Crippen molar-refractivity contribution < 1.29 is 19.1 Å². The normalized spacial score (nSPS) is 15.2. The summed E-state index contributed by atoms with van der Waals surface area (Å²) in [5, 5.41) is 0. The molecule has 0 heterocycles. The fourth-order valence-corrected chi connectivity index (χ4v) is 3.28. The van der Waals surface area contributed by atoms with E-state index in [9.17, 15) is 9.59 Å². The van der Waals surface area contributed by atoms with Crippen LogP contribution in [0.25, 0.3) is 0 Å². The molecule has 0 bridgehead atoms. The highest BCUT2D eigenvalue weighted by Gasteiger charge is 2.33. The van der Waals surface area contributed by atoms with Gasteiger partial charge in [0.25, 0.3) is 0 Å². The van der Waals surface area contributed by atoms with Gasteiger partial charge in [0.15, 0.2) is 0 Å². The number of hydrogen-bond acceptors (Lipinski definition) is 4. The molecule has 4 nitrogen and oxygen atoms in total. The highest BCUT2D eigenvalue weighted by atomic mass is 16.5. The lowest BCUT2D eigenvalue weighted by Crippen LogP contribution is -2.33. The molecule has 0 unspecified atom stereocenters. The quantitative estimate of drug-likeness (QED) is 0.280. The van der Waals surface area contributed by atoms with Crippen LogP contribution in [0.15, 0.2) is 42.5 Å². The van der Waals surface area contributed by atoms with Gasteiger partial charge in [-0.05, 0) is 44.1 Å². The first-order chi connectivity index (χ1) is 13.2. The van der Waals surface area contributed by atoms with Crippen molar-refractivity contribution in [3.63, 3.8) is 0 Å². The Kier molecular flexibility index (Phi) is 10.2. The summed E-state index contributed by atoms with van der Waals surface area (Å²) in [6, 6.07) is 10.2. The van der Waals surface area contributed by atoms with Crippen molar-refractivity contribution in [2.45, 2.75) is 54.1 Å². The summed E-state index contributed by atoms with van der Waals surface area (Å²) in [6.45, 7) is 11.4. The van der Waals surface area contributed by atoms with E-state index in [4.69, 9.17) is 4.74 Å². The maximum absolute atomic E-state index is 12.9. The van der Waals surface area contributed by atoms with Gasteiger partial charge in [0.05, 0.1) is 13.7 Å². The molecular weight excluding hydrogens is 352 g/mol. The van der Waals surface area contributed by atoms with Crippen LogP contribution in [0.1, 0.15) is 53.0 Å². The van der Waals surface area contributed by atoms with Gasteiger partial charge in [-0.1, -0.05) is 57.2 Å². The second-order valence-electron chi connectivity index (χ2n) is 8.25. The fraction of sp³-hybridized carbons (Fsp3) is 0.583. The second-order valence-corrected chi connectivity index (χ2v) is 8.25. The van der Waals surface area contributed by atoms with Gasteiger partial charge in [-0.3, -0.25) is 4.79 Å². The van der Waals surface area contributed by atoms with Crippen molar-refractivity contribution in [2.75, 3.05) is 13.7 Å². The van der Waals surface area contributed by atoms with Crippen molar-refractivity contribution in [3.05, 3.63) is 48.0 Å². The molecule has 0 saturated heterocycles. The first kappa shape index (κ1) is 24.1. The Labute approximate surface area is 170 Å². The average molecular weight is 389 g/mol. The number of benzene rings is 1. The van der Waals surface area contributed by atoms with Gasteiger partial charge >= 0.3 is 5.97 Å². The molecule has 0 amide bonds. The Morgan fingerprint density at radius 2 is 1.75 bits per heavy atom. The minimum absolute atomic E-state index is 0.0856. The third kappa shape index (κ3) is 7.97. The fourth-order valence-electron chi connectivity index (χ4n) is 3.28. The average Bonchev–Trinajstić information content (AvgIpc) is 2.70. The summed E-state index contributed by atoms with van der Waals surface area (Å²) in [5.74, 6) is 0.294. The van der Waals surface area contributed by atoms with Crippen LogP contribution in [0.5, 0.6) is 0 Å². The van der Waals surface area contributed by atoms with Gasteiger partial charge < -0.3 is 9.47 Å². The molecule has 1 aromatic rings. The van der Waals surface area contributed by atoms with E-state index in [2.05, 4.69) is 30.7 Å². The van der Waals surface area contributed by atoms with E-state index in [0.717, 1.165) is 19.4 Å². The summed E-state index contributed by atoms with van der Waals surface area (Å²) in [6.07, 6.45) is 4.98. The minimum atomic E-state index is -0.694. The zero-order valence-electron chi connectivity index (χ0n) is 18.2. The molecule has 0 fully saturated rings. The number of methoxy groups -OCH3 is 1. The summed E-state index contributed by atoms with van der Waals surface area (Å²) >= 11 is 0. The van der Waals surface area contributed by atoms with Crippen LogP contribution in [0.3, 0.4) is 0 Å². The molecular formula is C24H36O4. The van der Waals surface area contributed by atoms with Crippen LogP contribution < -0.4 is 0 Å². The number of esters is 1. The van der Waals surface area contributed by atoms with Gasteiger partial charge in [0.1, 0.15) is 5.78 Å². The number of allylic oxidation sites excluding steroid dienone is 1. The van der Waals surface area contributed by atoms with Gasteiger partial charge in [0.2, 0.25) is 0 Å². The highest BCUT2D eigenvalue weighted by molar-refractivity contribution is 5.90. The topological polar surface area (TPSA) is 52.6 Å². The molecule has 0 aliphatic rings. The Hall–Kier alpha value is -1.94. The Morgan fingerprint density at radius 1 is 1.11 bits per heavy atom. The lowest BCUT2D eigenvalue weighted by atomic mass is 9.73. The molecule has 1 rings (SSSR count). The van der Waals surface area contributed by atoms with Crippen molar-refractivity contribution in [3.8, 4) is 0 Å². The van der Waals surface area contributed by atoms with Crippen molar-refractivity contribution in [2.24, 2.45) is 23.2 Å². The molecule has 0 aliphatic carbocycles. The smallest absolute Gasteiger partial charge is 0.330 e. The molecule has 0 aliphatic heterocycles. The van der Waals surface area contributed by atoms with Crippen LogP contribution in [0, 0.1) is 23.2 Å². The predicted octanol–water partition coefficient (Wildman–Crippen LogP) is 5.22. The molecule has 28 heavy (non-hydrogen) atoms. The van der Waals surface area contributed by atoms with E-state index >= 15 is 0 Å². The van der Waals surface area contributed by atoms with Gasteiger partial charge in [-0.25, -0.2) is 4.79 Å². The molecule has 0 spiro atoms. The van der Waals surface area contributed by atoms with Crippen LogP contribution in [0.2, 0.25) is 0 Å². The minimum Gasteiger partial charge on any atom is -0.466 e. The second kappa shape index (κ2) is 11.8. The number of carbonyl (C=O) groups excluding carboxylic acids is 2. The molecule has 0 radical (unpaired) electrons. The Bertz CT molecular complexity index is 633. The van der Waals surface area contributed by atoms with Crippen molar-refractivity contribution >= 4 is 11.8 Å². The standard InChI is InChI=1S/C24H36O4/c1-18(11-10-16-28-17-21-12-8-7-9-13-21)19(2)20(3)23(26)24(4,5)15-14-22(25)27-6/h7-9,12-15,18-20H,10-11,16-17H2,1-6H3/b15-14+/t18-,19-,20+/m0/s1. The number of rotatable bonds is 12. The van der Waals surface area contributed by atoms with E-state index in [1.54, 1.807) is 6.08 Å². The third-order valence-corrected chi connectivity index (χ3v) is 5.63. The number of ether oxygens (including phenoxy) is 2. The molecule has 3 atom stereocenters. The first-order valence-corrected chi connectivity index (χ1v) is 10.1. The van der Waals surface area contributed by atoms with E-state index in [0.29, 0.717) is 12.5 Å². The van der Waals surface area contributed by atoms with Crippen molar-refractivity contribution in [1.82, 2.24) is 0 Å². The van der Waals surface area contributed by atoms with E-state index < -0.39 is 11.4 Å². The number of hydrogen-bond donors (Lipinski definition) is 0. The summed E-state index contributed by atoms with van der Waals surface area (Å²) < 4.78 is 10.4. The maximum Gasteiger partial charge on any atom is 0.330 e. The molecule has 156 valence electrons. The number of Topliss-reactive ketones (excluding diaryl/α,β-unsaturated/α-hetero) is 1. The first-order valence-electron chi connectivity index (χ1n) is 10.1. The summed E-state index contributed by atoms with van der Waals surface area (Å²) in [5.41, 5.74) is 0.491. The molecule has 0 aromatic heterocycles. The predicted molar refractivity (Wildman–Crippen MR) is 113 cm³/mol. The third-order valence-electron chi connectivity index (χ3n) is 5.63.